The van der Waals surface area contributed by atoms with Gasteiger partial charge in [0.15, 0.2) is 0 Å². The van der Waals surface area contributed by atoms with E-state index in [9.17, 15) is 39.6 Å². The largest absolute Gasteiger partial charge is 0.507 e. The van der Waals surface area contributed by atoms with Crippen LogP contribution in [0.5, 0.6) is 5.75 Å². The molecule has 3 heterocycles. The number of nitrogens with zero attached hydrogens (tertiary/aromatic N) is 2. The predicted octanol–water partition coefficient (Wildman–Crippen LogP) is 8.34. The molecule has 276 valence electrons. The van der Waals surface area contributed by atoms with Gasteiger partial charge in [0, 0.05) is 40.4 Å². The minimum Gasteiger partial charge on any atom is -0.507 e. The summed E-state index contributed by atoms with van der Waals surface area (Å²) in [5, 5.41) is 48.8. The van der Waals surface area contributed by atoms with E-state index in [0.717, 1.165) is 0 Å². The summed E-state index contributed by atoms with van der Waals surface area (Å²) >= 11 is 6.62. The molecule has 1 aliphatic heterocycles. The molecule has 14 heteroatoms. The lowest BCUT2D eigenvalue weighted by atomic mass is 9.88. The van der Waals surface area contributed by atoms with Crippen molar-refractivity contribution in [2.75, 3.05) is 10.6 Å². The van der Waals surface area contributed by atoms with Crippen LogP contribution in [0.25, 0.3) is 55.2 Å². The van der Waals surface area contributed by atoms with E-state index < -0.39 is 23.3 Å². The third-order valence-corrected chi connectivity index (χ3v) is 9.76. The molecule has 6 aromatic rings. The van der Waals surface area contributed by atoms with Gasteiger partial charge in [0.2, 0.25) is 5.43 Å². The molecule has 0 atom stereocenters. The molecule has 0 bridgehead atoms. The first kappa shape index (κ1) is 35.5. The first-order chi connectivity index (χ1) is 27.0. The molecular weight excluding hydrogens is 740 g/mol. The molecule has 0 unspecified atom stereocenters. The molecule has 0 saturated heterocycles. The van der Waals surface area contributed by atoms with Gasteiger partial charge in [-0.2, -0.15) is 0 Å². The van der Waals surface area contributed by atoms with E-state index in [4.69, 9.17) is 16.0 Å². The number of phenols is 1. The third-order valence-electron chi connectivity index (χ3n) is 9.48. The number of benzene rings is 5. The van der Waals surface area contributed by atoms with Gasteiger partial charge in [-0.3, -0.25) is 4.79 Å². The SMILES string of the molecule is O=C(O)c1ccc2cccc(NCc3c4oc5c(CNc6cccc7ccc(C(=O)O)nc67)c(O)ccc5c(-c5ccccc5C(=O)O)c-4cc(Cl)c3=O)c2n1. The molecule has 1 aliphatic carbocycles. The first-order valence-corrected chi connectivity index (χ1v) is 17.4. The molecule has 0 fully saturated rings. The summed E-state index contributed by atoms with van der Waals surface area (Å²) in [6.07, 6.45) is 0. The lowest BCUT2D eigenvalue weighted by Crippen LogP contribution is -2.17. The number of phenolic OH excluding ortho intramolecular Hbond substituents is 1. The number of aromatic nitrogens is 2. The number of para-hydroxylation sites is 2. The van der Waals surface area contributed by atoms with Gasteiger partial charge in [-0.05, 0) is 54.1 Å². The van der Waals surface area contributed by atoms with Gasteiger partial charge in [-0.25, -0.2) is 24.4 Å². The van der Waals surface area contributed by atoms with Crippen LogP contribution in [0.15, 0.2) is 112 Å². The second-order valence-electron chi connectivity index (χ2n) is 12.8. The van der Waals surface area contributed by atoms with Crippen LogP contribution >= 0.6 is 11.6 Å². The van der Waals surface area contributed by atoms with Gasteiger partial charge in [-0.15, -0.1) is 0 Å². The fourth-order valence-electron chi connectivity index (χ4n) is 6.84. The van der Waals surface area contributed by atoms with Gasteiger partial charge in [-0.1, -0.05) is 66.2 Å². The van der Waals surface area contributed by atoms with Gasteiger partial charge in [0.1, 0.15) is 28.5 Å². The molecule has 2 aliphatic rings. The molecule has 13 nitrogen and oxygen atoms in total. The number of carboxylic acid groups (broad SMARTS) is 3. The third kappa shape index (κ3) is 6.21. The smallest absolute Gasteiger partial charge is 0.354 e. The Morgan fingerprint density at radius 1 is 0.661 bits per heavy atom. The maximum Gasteiger partial charge on any atom is 0.354 e. The highest BCUT2D eigenvalue weighted by Crippen LogP contribution is 2.46. The van der Waals surface area contributed by atoms with E-state index in [0.29, 0.717) is 55.3 Å². The van der Waals surface area contributed by atoms with Crippen molar-refractivity contribution >= 4 is 73.7 Å². The Labute approximate surface area is 320 Å². The standard InChI is InChI=1S/C42H27ClN4O9/c43-28-17-25-34(22-7-1-2-8-23(22)40(50)51)24-13-16-33(48)26(18-44-29-9-3-5-20-11-14-31(41(52)53)46-35(20)29)38(24)56-39(25)27(37(28)49)19-45-30-10-4-6-21-12-15-32(42(54)55)47-36(21)30/h1-17,44-45,48H,18-19H2,(H,50,51)(H,52,53)(H,54,55). The molecule has 2 aromatic heterocycles. The summed E-state index contributed by atoms with van der Waals surface area (Å²) in [5.74, 6) is -3.74. The quantitative estimate of drug-likeness (QED) is 0.0724. The highest BCUT2D eigenvalue weighted by Gasteiger charge is 2.28. The topological polar surface area (TPSA) is 212 Å². The number of aromatic hydroxyl groups is 1. The van der Waals surface area contributed by atoms with Crippen molar-refractivity contribution in [3.63, 3.8) is 0 Å². The Morgan fingerprint density at radius 3 is 1.84 bits per heavy atom. The molecule has 0 radical (unpaired) electrons. The number of nitrogens with one attached hydrogen (secondary N) is 2. The van der Waals surface area contributed by atoms with Crippen LogP contribution in [0.2, 0.25) is 5.02 Å². The van der Waals surface area contributed by atoms with Crippen LogP contribution in [0, 0.1) is 0 Å². The van der Waals surface area contributed by atoms with Gasteiger partial charge < -0.3 is 35.5 Å². The van der Waals surface area contributed by atoms with Gasteiger partial charge >= 0.3 is 17.9 Å². The van der Waals surface area contributed by atoms with Gasteiger partial charge in [0.05, 0.1) is 44.1 Å². The summed E-state index contributed by atoms with van der Waals surface area (Å²) in [6, 6.07) is 27.3. The van der Waals surface area contributed by atoms with E-state index >= 15 is 0 Å². The Kier molecular flexibility index (Phi) is 8.91. The Hall–Kier alpha value is -7.51. The summed E-state index contributed by atoms with van der Waals surface area (Å²) in [4.78, 5) is 58.5. The number of hydrogen-bond acceptors (Lipinski definition) is 10. The highest BCUT2D eigenvalue weighted by molar-refractivity contribution is 6.31. The number of hydrogen-bond donors (Lipinski definition) is 6. The van der Waals surface area contributed by atoms with E-state index in [1.807, 2.05) is 0 Å². The molecule has 56 heavy (non-hydrogen) atoms. The second-order valence-corrected chi connectivity index (χ2v) is 13.2. The Balaban J connectivity index is 1.33. The maximum absolute atomic E-state index is 13.9. The summed E-state index contributed by atoms with van der Waals surface area (Å²) in [6.45, 7) is -0.252. The lowest BCUT2D eigenvalue weighted by molar-refractivity contribution is 0.0680. The van der Waals surface area contributed by atoms with Crippen LogP contribution in [-0.4, -0.2) is 48.3 Å². The van der Waals surface area contributed by atoms with Crippen LogP contribution in [0.4, 0.5) is 11.4 Å². The van der Waals surface area contributed by atoms with E-state index in [1.54, 1.807) is 72.8 Å². The molecule has 0 spiro atoms. The van der Waals surface area contributed by atoms with Crippen molar-refractivity contribution in [1.82, 2.24) is 9.97 Å². The number of halogens is 1. The minimum atomic E-state index is -1.21. The van der Waals surface area contributed by atoms with Crippen molar-refractivity contribution in [3.8, 4) is 28.2 Å². The van der Waals surface area contributed by atoms with E-state index in [1.165, 1.54) is 30.3 Å². The number of carbonyl (C=O) groups is 3. The highest BCUT2D eigenvalue weighted by atomic mass is 35.5. The second kappa shape index (κ2) is 14.0. The number of aromatic carboxylic acids is 3. The van der Waals surface area contributed by atoms with Crippen LogP contribution in [-0.2, 0) is 13.1 Å². The van der Waals surface area contributed by atoms with Crippen molar-refractivity contribution in [2.45, 2.75) is 13.1 Å². The summed E-state index contributed by atoms with van der Waals surface area (Å²) < 4.78 is 6.61. The van der Waals surface area contributed by atoms with Crippen molar-refractivity contribution in [1.29, 1.82) is 0 Å². The number of anilines is 2. The first-order valence-electron chi connectivity index (χ1n) is 17.0. The fraction of sp³-hybridized carbons (Fsp3) is 0.0476. The number of fused-ring (bicyclic) bond motifs is 4. The van der Waals surface area contributed by atoms with Crippen LogP contribution < -0.4 is 16.1 Å². The van der Waals surface area contributed by atoms with Gasteiger partial charge in [0.25, 0.3) is 0 Å². The lowest BCUT2D eigenvalue weighted by Gasteiger charge is -2.21. The van der Waals surface area contributed by atoms with Crippen molar-refractivity contribution in [3.05, 3.63) is 146 Å². The maximum atomic E-state index is 13.9. The number of rotatable bonds is 10. The van der Waals surface area contributed by atoms with E-state index in [-0.39, 0.29) is 63.3 Å². The summed E-state index contributed by atoms with van der Waals surface area (Å²) in [5.41, 5.74) is 2.09. The van der Waals surface area contributed by atoms with Crippen molar-refractivity contribution < 1.29 is 39.2 Å². The normalized spacial score (nSPS) is 11.3. The molecule has 0 saturated carbocycles. The average Bonchev–Trinajstić information content (AvgIpc) is 3.19. The number of pyridine rings is 2. The minimum absolute atomic E-state index is 0.0387. The van der Waals surface area contributed by atoms with Crippen LogP contribution in [0.3, 0.4) is 0 Å². The summed E-state index contributed by atoms with van der Waals surface area (Å²) in [7, 11) is 0. The van der Waals surface area contributed by atoms with Crippen molar-refractivity contribution in [2.24, 2.45) is 0 Å². The van der Waals surface area contributed by atoms with Crippen LogP contribution in [0.1, 0.15) is 42.5 Å². The zero-order valence-corrected chi connectivity index (χ0v) is 29.6. The average molecular weight is 767 g/mol. The zero-order chi connectivity index (χ0) is 39.2. The molecule has 4 aromatic carbocycles. The monoisotopic (exact) mass is 766 g/mol. The number of carboxylic acids is 3. The van der Waals surface area contributed by atoms with E-state index in [2.05, 4.69) is 20.6 Å². The molecular formula is C42H27ClN4O9. The Bertz CT molecular complexity index is 2980. The Morgan fingerprint density at radius 2 is 1.25 bits per heavy atom. The molecule has 6 N–H and O–H groups in total. The predicted molar refractivity (Wildman–Crippen MR) is 210 cm³/mol. The molecule has 8 rings (SSSR count). The zero-order valence-electron chi connectivity index (χ0n) is 28.8. The molecule has 0 amide bonds. The fourth-order valence-corrected chi connectivity index (χ4v) is 7.07.